The van der Waals surface area contributed by atoms with Gasteiger partial charge in [-0.3, -0.25) is 14.5 Å². The Labute approximate surface area is 173 Å². The molecule has 0 spiro atoms. The molecule has 0 saturated carbocycles. The number of halogens is 3. The number of alkyl halides is 2. The van der Waals surface area contributed by atoms with Gasteiger partial charge >= 0.3 is 14.4 Å². The number of hydrogen-bond acceptors (Lipinski definition) is 5. The lowest BCUT2D eigenvalue weighted by molar-refractivity contribution is -0.186. The van der Waals surface area contributed by atoms with Gasteiger partial charge in [0.2, 0.25) is 0 Å². The van der Waals surface area contributed by atoms with Gasteiger partial charge in [0.05, 0.1) is 36.4 Å². The largest absolute Gasteiger partial charge is 0.701 e. The zero-order chi connectivity index (χ0) is 21.2. The summed E-state index contributed by atoms with van der Waals surface area (Å²) in [6, 6.07) is 10.3. The molecule has 29 heavy (non-hydrogen) atoms. The number of fused-ring (bicyclic) bond motifs is 1. The first kappa shape index (κ1) is 21.6. The Morgan fingerprint density at radius 3 is 2.28 bits per heavy atom. The van der Waals surface area contributed by atoms with Gasteiger partial charge in [-0.25, -0.2) is 0 Å². The Kier molecular flexibility index (Phi) is 6.50. The van der Waals surface area contributed by atoms with E-state index in [1.165, 1.54) is 12.1 Å². The van der Waals surface area contributed by atoms with Crippen LogP contribution in [0.3, 0.4) is 0 Å². The predicted octanol–water partition coefficient (Wildman–Crippen LogP) is 3.98. The van der Waals surface area contributed by atoms with Crippen LogP contribution >= 0.6 is 24.2 Å². The molecule has 1 N–H and O–H groups in total. The summed E-state index contributed by atoms with van der Waals surface area (Å²) in [7, 11) is -3.48. The molecule has 1 aliphatic rings. The van der Waals surface area contributed by atoms with Crippen molar-refractivity contribution < 1.29 is 37.1 Å². The third-order valence-corrected chi connectivity index (χ3v) is 5.19. The molecule has 152 valence electrons. The van der Waals surface area contributed by atoms with Gasteiger partial charge in [-0.05, 0) is 34.4 Å². The van der Waals surface area contributed by atoms with Crippen molar-refractivity contribution in [3.05, 3.63) is 69.2 Å². The zero-order valence-electron chi connectivity index (χ0n) is 14.7. The lowest BCUT2D eigenvalue weighted by atomic mass is 10.1. The first-order valence-electron chi connectivity index (χ1n) is 8.25. The van der Waals surface area contributed by atoms with E-state index in [1.54, 1.807) is 24.3 Å². The zero-order valence-corrected chi connectivity index (χ0v) is 17.2. The smallest absolute Gasteiger partial charge is 0.375 e. The van der Waals surface area contributed by atoms with E-state index in [0.717, 1.165) is 11.0 Å². The Morgan fingerprint density at radius 1 is 1.10 bits per heavy atom. The minimum atomic E-state index is -3.94. The molecule has 3 rings (SSSR count). The minimum Gasteiger partial charge on any atom is -0.375 e. The Balaban J connectivity index is 1.55. The first-order valence-corrected chi connectivity index (χ1v) is 10.2. The fourth-order valence-corrected chi connectivity index (χ4v) is 3.77. The Morgan fingerprint density at radius 2 is 1.72 bits per heavy atom. The molecule has 2 aromatic carbocycles. The van der Waals surface area contributed by atoms with Gasteiger partial charge in [-0.15, -0.1) is 4.89 Å². The van der Waals surface area contributed by atoms with Gasteiger partial charge in [0.15, 0.2) is 0 Å². The van der Waals surface area contributed by atoms with Crippen LogP contribution in [0.4, 0.5) is 8.78 Å². The van der Waals surface area contributed by atoms with E-state index in [-0.39, 0.29) is 36.0 Å². The molecule has 0 fully saturated rings. The monoisotopic (exact) mass is 488 g/mol. The molecule has 1 atom stereocenters. The van der Waals surface area contributed by atoms with Gasteiger partial charge in [0, 0.05) is 9.04 Å². The molecule has 0 aromatic heterocycles. The number of imide groups is 1. The summed E-state index contributed by atoms with van der Waals surface area (Å²) < 4.78 is 47.2. The molecule has 0 radical (unpaired) electrons. The van der Waals surface area contributed by atoms with E-state index in [0.29, 0.717) is 16.7 Å². The highest BCUT2D eigenvalue weighted by Crippen LogP contribution is 2.41. The average Bonchev–Trinajstić information content (AvgIpc) is 2.89. The van der Waals surface area contributed by atoms with Gasteiger partial charge in [0.1, 0.15) is 0 Å². The number of hydrogen-bond donors (Lipinski definition) is 1. The summed E-state index contributed by atoms with van der Waals surface area (Å²) >= 11 is 2.98. The fraction of sp³-hybridized carbons (Fsp3) is 0.222. The quantitative estimate of drug-likeness (QED) is 0.343. The standard InChI is InChI=1S/C18H13BrF2NO6P/c19-15-9-11(5-6-14(15)18(20,21)28-29(25)26)10-27-8-7-22-16(23)12-3-1-2-4-13(12)17(22)24/h1-6,9H,7-8,10H2/p+1. The van der Waals surface area contributed by atoms with Crippen molar-refractivity contribution in [3.63, 3.8) is 0 Å². The van der Waals surface area contributed by atoms with Crippen molar-refractivity contribution >= 4 is 36.0 Å². The van der Waals surface area contributed by atoms with E-state index < -0.39 is 19.9 Å². The van der Waals surface area contributed by atoms with Crippen LogP contribution in [0.15, 0.2) is 46.9 Å². The number of ether oxygens (including phenoxy) is 1. The lowest BCUT2D eigenvalue weighted by Gasteiger charge is -2.15. The van der Waals surface area contributed by atoms with Crippen molar-refractivity contribution in [2.75, 3.05) is 13.2 Å². The second-order valence-electron chi connectivity index (χ2n) is 6.02. The van der Waals surface area contributed by atoms with Crippen LogP contribution in [0.1, 0.15) is 31.8 Å². The number of benzene rings is 2. The number of carbonyl (C=O) groups excluding carboxylic acids is 2. The van der Waals surface area contributed by atoms with Crippen LogP contribution in [-0.2, 0) is 26.5 Å². The van der Waals surface area contributed by atoms with E-state index in [4.69, 9.17) is 9.63 Å². The van der Waals surface area contributed by atoms with Gasteiger partial charge in [-0.1, -0.05) is 34.1 Å². The van der Waals surface area contributed by atoms with Crippen LogP contribution in [0.2, 0.25) is 0 Å². The second-order valence-corrected chi connectivity index (χ2v) is 7.53. The molecule has 0 aliphatic carbocycles. The van der Waals surface area contributed by atoms with E-state index >= 15 is 0 Å². The second kappa shape index (κ2) is 8.73. The van der Waals surface area contributed by atoms with Crippen molar-refractivity contribution in [2.45, 2.75) is 12.7 Å². The summed E-state index contributed by atoms with van der Waals surface area (Å²) in [6.45, 7) is 0.166. The maximum atomic E-state index is 13.8. The molecule has 0 bridgehead atoms. The maximum absolute atomic E-state index is 13.8. The molecule has 0 saturated heterocycles. The Hall–Kier alpha value is -2.10. The summed E-state index contributed by atoms with van der Waals surface area (Å²) in [4.78, 5) is 34.1. The number of rotatable bonds is 8. The Bertz CT molecular complexity index is 952. The van der Waals surface area contributed by atoms with Crippen LogP contribution in [0, 0.1) is 0 Å². The SMILES string of the molecule is O=C1c2ccccc2C(=O)N1CCOCc1ccc(C(F)(F)O[P+](=O)O)c(Br)c1. The summed E-state index contributed by atoms with van der Waals surface area (Å²) in [5.74, 6) is -0.767. The van der Waals surface area contributed by atoms with Crippen molar-refractivity contribution in [3.8, 4) is 0 Å². The third kappa shape index (κ3) is 4.73. The highest BCUT2D eigenvalue weighted by atomic mass is 79.9. The normalized spacial score (nSPS) is 14.3. The van der Waals surface area contributed by atoms with Gasteiger partial charge < -0.3 is 4.74 Å². The average molecular weight is 489 g/mol. The number of carbonyl (C=O) groups is 2. The molecular weight excluding hydrogens is 475 g/mol. The summed E-state index contributed by atoms with van der Waals surface area (Å²) in [5.41, 5.74) is 0.631. The molecule has 7 nitrogen and oxygen atoms in total. The van der Waals surface area contributed by atoms with E-state index in [2.05, 4.69) is 20.5 Å². The van der Waals surface area contributed by atoms with Crippen molar-refractivity contribution in [1.82, 2.24) is 4.90 Å². The predicted molar refractivity (Wildman–Crippen MR) is 100 cm³/mol. The van der Waals surface area contributed by atoms with Crippen LogP contribution in [0.25, 0.3) is 0 Å². The number of amides is 2. The van der Waals surface area contributed by atoms with Gasteiger partial charge in [-0.2, -0.15) is 8.78 Å². The van der Waals surface area contributed by atoms with Crippen molar-refractivity contribution in [2.24, 2.45) is 0 Å². The molecule has 2 aromatic rings. The van der Waals surface area contributed by atoms with E-state index in [9.17, 15) is 22.9 Å². The number of nitrogens with zero attached hydrogens (tertiary/aromatic N) is 1. The maximum Gasteiger partial charge on any atom is 0.701 e. The van der Waals surface area contributed by atoms with Gasteiger partial charge in [0.25, 0.3) is 11.8 Å². The lowest BCUT2D eigenvalue weighted by Crippen LogP contribution is -2.33. The molecule has 1 heterocycles. The molecule has 2 amide bonds. The third-order valence-electron chi connectivity index (χ3n) is 4.15. The summed E-state index contributed by atoms with van der Waals surface area (Å²) in [5, 5.41) is 0. The first-order chi connectivity index (χ1) is 13.7. The topological polar surface area (TPSA) is 93.1 Å². The highest BCUT2D eigenvalue weighted by molar-refractivity contribution is 9.10. The minimum absolute atomic E-state index is 0.0270. The molecular formula is C18H14BrF2NO6P+. The summed E-state index contributed by atoms with van der Waals surface area (Å²) in [6.07, 6.45) is -3.94. The molecule has 1 aliphatic heterocycles. The van der Waals surface area contributed by atoms with E-state index in [1.807, 2.05) is 0 Å². The molecule has 11 heteroatoms. The van der Waals surface area contributed by atoms with Crippen LogP contribution in [-0.4, -0.2) is 34.8 Å². The van der Waals surface area contributed by atoms with Crippen molar-refractivity contribution in [1.29, 1.82) is 0 Å². The van der Waals surface area contributed by atoms with Crippen LogP contribution < -0.4 is 0 Å². The highest BCUT2D eigenvalue weighted by Gasteiger charge is 2.44. The fourth-order valence-electron chi connectivity index (χ4n) is 2.82. The molecule has 1 unspecified atom stereocenters. The van der Waals surface area contributed by atoms with Crippen LogP contribution in [0.5, 0.6) is 0 Å².